The summed E-state index contributed by atoms with van der Waals surface area (Å²) in [6.45, 7) is 7.10. The van der Waals surface area contributed by atoms with Gasteiger partial charge in [0.25, 0.3) is 5.91 Å². The average Bonchev–Trinajstić information content (AvgIpc) is 3.45. The number of hydrogen-bond acceptors (Lipinski definition) is 7. The molecule has 0 unspecified atom stereocenters. The lowest BCUT2D eigenvalue weighted by Crippen LogP contribution is -2.50. The lowest BCUT2D eigenvalue weighted by atomic mass is 10.0. The van der Waals surface area contributed by atoms with Gasteiger partial charge in [-0.2, -0.15) is 0 Å². The maximum Gasteiger partial charge on any atom is 0.262 e. The number of halogens is 2. The first-order valence-electron chi connectivity index (χ1n) is 13.1. The van der Waals surface area contributed by atoms with Crippen LogP contribution in [0.1, 0.15) is 43.8 Å². The first-order valence-corrected chi connectivity index (χ1v) is 15.8. The number of carbonyl (C=O) groups excluding carboxylic acids is 2. The fourth-order valence-corrected chi connectivity index (χ4v) is 7.11. The minimum atomic E-state index is -4.08. The molecule has 1 saturated heterocycles. The molecule has 41 heavy (non-hydrogen) atoms. The van der Waals surface area contributed by atoms with Crippen LogP contribution in [0.3, 0.4) is 0 Å². The Bertz CT molecular complexity index is 1500. The van der Waals surface area contributed by atoms with Crippen molar-refractivity contribution in [1.82, 2.24) is 15.4 Å². The standard InChI is InChI=1S/C28H33ClFN3O6S2/c1-16(2)11-20(33-27(35)24-12-17-7-5-6-8-23(17)40-24)26(34)31-14-21-22(39-28(3,4)38-21)15-32-41(36,37)25-10-9-18(30)13-19(25)29/h5-10,12-13,16,20-22,32H,11,14-15H2,1-4H3,(H,31,34)(H,33,35)/t20-,21+,22+/m0/s1. The van der Waals surface area contributed by atoms with Gasteiger partial charge in [0.05, 0.1) is 9.90 Å². The lowest BCUT2D eigenvalue weighted by molar-refractivity contribution is -0.146. The highest BCUT2D eigenvalue weighted by atomic mass is 35.5. The zero-order valence-corrected chi connectivity index (χ0v) is 25.5. The first kappa shape index (κ1) is 31.3. The van der Waals surface area contributed by atoms with E-state index in [4.69, 9.17) is 21.1 Å². The van der Waals surface area contributed by atoms with E-state index in [0.717, 1.165) is 28.3 Å². The van der Waals surface area contributed by atoms with E-state index < -0.39 is 39.9 Å². The molecule has 3 N–H and O–H groups in total. The van der Waals surface area contributed by atoms with Crippen molar-refractivity contribution < 1.29 is 31.9 Å². The number of sulfonamides is 1. The molecule has 0 saturated carbocycles. The Hall–Kier alpha value is -2.61. The van der Waals surface area contributed by atoms with E-state index in [2.05, 4.69) is 15.4 Å². The summed E-state index contributed by atoms with van der Waals surface area (Å²) in [5.74, 6) is -2.29. The zero-order chi connectivity index (χ0) is 29.9. The van der Waals surface area contributed by atoms with Crippen LogP contribution in [0.25, 0.3) is 10.1 Å². The molecule has 1 aromatic heterocycles. The molecule has 1 fully saturated rings. The second kappa shape index (κ2) is 12.7. The van der Waals surface area contributed by atoms with Gasteiger partial charge in [0.1, 0.15) is 29.0 Å². The molecule has 13 heteroatoms. The molecule has 2 heterocycles. The largest absolute Gasteiger partial charge is 0.352 e. The van der Waals surface area contributed by atoms with Crippen molar-refractivity contribution in [3.05, 3.63) is 64.2 Å². The van der Waals surface area contributed by atoms with Crippen LogP contribution in [0.2, 0.25) is 5.02 Å². The SMILES string of the molecule is CC(C)C[C@H](NC(=O)c1cc2ccccc2s1)C(=O)NC[C@H]1OC(C)(C)O[C@@H]1CNS(=O)(=O)c1ccc(F)cc1Cl. The van der Waals surface area contributed by atoms with Crippen molar-refractivity contribution in [3.63, 3.8) is 0 Å². The van der Waals surface area contributed by atoms with E-state index in [1.165, 1.54) is 11.3 Å². The molecule has 4 rings (SSSR count). The maximum absolute atomic E-state index is 13.4. The Labute approximate surface area is 247 Å². The molecule has 3 atom stereocenters. The van der Waals surface area contributed by atoms with Crippen molar-refractivity contribution in [2.24, 2.45) is 5.92 Å². The topological polar surface area (TPSA) is 123 Å². The van der Waals surface area contributed by atoms with E-state index in [0.29, 0.717) is 11.3 Å². The lowest BCUT2D eigenvalue weighted by Gasteiger charge is -2.22. The molecule has 9 nitrogen and oxygen atoms in total. The highest BCUT2D eigenvalue weighted by molar-refractivity contribution is 7.89. The third-order valence-corrected chi connectivity index (χ3v) is 9.42. The highest BCUT2D eigenvalue weighted by Crippen LogP contribution is 2.29. The van der Waals surface area contributed by atoms with Gasteiger partial charge >= 0.3 is 0 Å². The first-order chi connectivity index (χ1) is 19.2. The van der Waals surface area contributed by atoms with Crippen molar-refractivity contribution in [2.75, 3.05) is 13.1 Å². The van der Waals surface area contributed by atoms with Crippen LogP contribution in [0.4, 0.5) is 4.39 Å². The molecule has 0 spiro atoms. The van der Waals surface area contributed by atoms with Gasteiger partial charge in [-0.05, 0) is 61.9 Å². The van der Waals surface area contributed by atoms with E-state index in [-0.39, 0.29) is 40.7 Å². The number of hydrogen-bond donors (Lipinski definition) is 3. The number of nitrogens with one attached hydrogen (secondary N) is 3. The summed E-state index contributed by atoms with van der Waals surface area (Å²) in [5.41, 5.74) is 0. The van der Waals surface area contributed by atoms with E-state index in [1.807, 2.05) is 38.1 Å². The number of amides is 2. The van der Waals surface area contributed by atoms with Gasteiger partial charge in [-0.3, -0.25) is 9.59 Å². The summed E-state index contributed by atoms with van der Waals surface area (Å²) in [6, 6.07) is 11.7. The van der Waals surface area contributed by atoms with Crippen LogP contribution in [-0.2, 0) is 24.3 Å². The van der Waals surface area contributed by atoms with E-state index in [1.54, 1.807) is 19.9 Å². The molecule has 0 aliphatic carbocycles. The number of thiophene rings is 1. The number of carbonyl (C=O) groups is 2. The molecule has 0 bridgehead atoms. The molecule has 1 aliphatic heterocycles. The Morgan fingerprint density at radius 2 is 1.76 bits per heavy atom. The summed E-state index contributed by atoms with van der Waals surface area (Å²) in [6.07, 6.45) is -1.04. The molecule has 222 valence electrons. The number of benzene rings is 2. The zero-order valence-electron chi connectivity index (χ0n) is 23.1. The van der Waals surface area contributed by atoms with Gasteiger partial charge in [-0.1, -0.05) is 43.6 Å². The van der Waals surface area contributed by atoms with E-state index in [9.17, 15) is 22.4 Å². The van der Waals surface area contributed by atoms with Crippen molar-refractivity contribution in [3.8, 4) is 0 Å². The number of rotatable bonds is 11. The van der Waals surface area contributed by atoms with Crippen molar-refractivity contribution in [1.29, 1.82) is 0 Å². The Morgan fingerprint density at radius 1 is 1.07 bits per heavy atom. The van der Waals surface area contributed by atoms with Gasteiger partial charge in [0.2, 0.25) is 15.9 Å². The molecular weight excluding hydrogens is 593 g/mol. The number of ether oxygens (including phenoxy) is 2. The van der Waals surface area contributed by atoms with Crippen molar-refractivity contribution in [2.45, 2.75) is 63.0 Å². The fourth-order valence-electron chi connectivity index (χ4n) is 4.57. The van der Waals surface area contributed by atoms with Crippen LogP contribution < -0.4 is 15.4 Å². The van der Waals surface area contributed by atoms with Crippen molar-refractivity contribution >= 4 is 54.9 Å². The van der Waals surface area contributed by atoms with Gasteiger partial charge in [-0.15, -0.1) is 11.3 Å². The average molecular weight is 626 g/mol. The summed E-state index contributed by atoms with van der Waals surface area (Å²) in [4.78, 5) is 26.5. The smallest absolute Gasteiger partial charge is 0.262 e. The van der Waals surface area contributed by atoms with Crippen LogP contribution in [0, 0.1) is 11.7 Å². The third-order valence-electron chi connectivity index (χ3n) is 6.40. The van der Waals surface area contributed by atoms with Crippen LogP contribution in [-0.4, -0.2) is 57.4 Å². The normalized spacial score (nSPS) is 19.4. The van der Waals surface area contributed by atoms with E-state index >= 15 is 0 Å². The van der Waals surface area contributed by atoms with Gasteiger partial charge in [-0.25, -0.2) is 17.5 Å². The van der Waals surface area contributed by atoms with Gasteiger partial charge < -0.3 is 20.1 Å². The molecule has 0 radical (unpaired) electrons. The van der Waals surface area contributed by atoms with Crippen LogP contribution in [0.15, 0.2) is 53.4 Å². The minimum absolute atomic E-state index is 0.0132. The Balaban J connectivity index is 1.40. The van der Waals surface area contributed by atoms with Crippen LogP contribution >= 0.6 is 22.9 Å². The monoisotopic (exact) mass is 625 g/mol. The highest BCUT2D eigenvalue weighted by Gasteiger charge is 2.42. The summed E-state index contributed by atoms with van der Waals surface area (Å²) in [7, 11) is -4.08. The Kier molecular flexibility index (Phi) is 9.72. The molecule has 3 aromatic rings. The second-order valence-electron chi connectivity index (χ2n) is 10.7. The Morgan fingerprint density at radius 3 is 2.41 bits per heavy atom. The summed E-state index contributed by atoms with van der Waals surface area (Å²) in [5, 5.41) is 6.39. The molecule has 2 aromatic carbocycles. The predicted molar refractivity (Wildman–Crippen MR) is 156 cm³/mol. The van der Waals surface area contributed by atoms with Gasteiger partial charge in [0.15, 0.2) is 5.79 Å². The second-order valence-corrected chi connectivity index (χ2v) is 13.9. The summed E-state index contributed by atoms with van der Waals surface area (Å²) >= 11 is 7.29. The van der Waals surface area contributed by atoms with Crippen LogP contribution in [0.5, 0.6) is 0 Å². The maximum atomic E-state index is 13.4. The summed E-state index contributed by atoms with van der Waals surface area (Å²) < 4.78 is 54.2. The molecule has 2 amide bonds. The molecular formula is C28H33ClFN3O6S2. The third kappa shape index (κ3) is 8.02. The molecule has 1 aliphatic rings. The number of fused-ring (bicyclic) bond motifs is 1. The fraction of sp³-hybridized carbons (Fsp3) is 0.429. The minimum Gasteiger partial charge on any atom is -0.352 e. The predicted octanol–water partition coefficient (Wildman–Crippen LogP) is 4.45. The quantitative estimate of drug-likeness (QED) is 0.289. The van der Waals surface area contributed by atoms with Gasteiger partial charge in [0, 0.05) is 17.8 Å².